The molecule has 3 atom stereocenters. The number of carbonyl (C=O) groups excluding carboxylic acids is 2. The maximum Gasteiger partial charge on any atom is 0.242 e. The standard InChI is InChI=1S/C35H41N5O7S/c1-7-19(2)31(35(43)36-15-14-29-39-34(40-47-29)28-9-8-16-48-28)38-25-13-11-22-23(18-26(25)42)24(37-20(3)41)12-10-21-17-27(44-4)32(45-5)33(46-6)30(21)22/h8-9,11,13,16-19,24,31H,7,10,12,14-15H2,1-6H3,(H,36,43)(H,37,41)(H,38,42)/t19-,24+,31+/m1/s1. The molecule has 13 heteroatoms. The number of hydrogen-bond donors (Lipinski definition) is 3. The van der Waals surface area contributed by atoms with E-state index in [4.69, 9.17) is 18.7 Å². The number of methoxy groups -OCH3 is 3. The summed E-state index contributed by atoms with van der Waals surface area (Å²) in [5, 5.41) is 15.2. The molecule has 0 saturated carbocycles. The highest BCUT2D eigenvalue weighted by Crippen LogP contribution is 2.50. The molecule has 2 heterocycles. The first-order valence-corrected chi connectivity index (χ1v) is 16.7. The van der Waals surface area contributed by atoms with Crippen LogP contribution >= 0.6 is 11.3 Å². The molecule has 0 spiro atoms. The van der Waals surface area contributed by atoms with Crippen LogP contribution in [-0.4, -0.2) is 55.9 Å². The van der Waals surface area contributed by atoms with Crippen LogP contribution in [0.5, 0.6) is 17.2 Å². The van der Waals surface area contributed by atoms with Crippen molar-refractivity contribution in [1.29, 1.82) is 0 Å². The first-order valence-electron chi connectivity index (χ1n) is 15.9. The number of benzene rings is 1. The molecule has 0 aliphatic heterocycles. The Kier molecular flexibility index (Phi) is 11.0. The van der Waals surface area contributed by atoms with Crippen LogP contribution in [0, 0.1) is 5.92 Å². The average molecular weight is 676 g/mol. The van der Waals surface area contributed by atoms with Crippen molar-refractivity contribution in [2.75, 3.05) is 33.2 Å². The van der Waals surface area contributed by atoms with Gasteiger partial charge >= 0.3 is 0 Å². The minimum absolute atomic E-state index is 0.105. The van der Waals surface area contributed by atoms with Gasteiger partial charge in [-0.05, 0) is 65.1 Å². The number of hydrogen-bond acceptors (Lipinski definition) is 11. The minimum atomic E-state index is -0.702. The van der Waals surface area contributed by atoms with Crippen LogP contribution in [0.25, 0.3) is 21.8 Å². The normalized spacial score (nSPS) is 14.8. The van der Waals surface area contributed by atoms with Gasteiger partial charge in [-0.3, -0.25) is 14.4 Å². The van der Waals surface area contributed by atoms with Crippen LogP contribution in [0.1, 0.15) is 56.7 Å². The Morgan fingerprint density at radius 3 is 2.56 bits per heavy atom. The fourth-order valence-electron chi connectivity index (χ4n) is 5.96. The summed E-state index contributed by atoms with van der Waals surface area (Å²) >= 11 is 1.52. The second kappa shape index (κ2) is 15.3. The maximum atomic E-state index is 13.9. The summed E-state index contributed by atoms with van der Waals surface area (Å²) in [4.78, 5) is 45.1. The molecule has 0 bridgehead atoms. The van der Waals surface area contributed by atoms with Crippen molar-refractivity contribution in [1.82, 2.24) is 20.8 Å². The van der Waals surface area contributed by atoms with E-state index in [1.54, 1.807) is 20.3 Å². The van der Waals surface area contributed by atoms with Gasteiger partial charge in [0.2, 0.25) is 34.7 Å². The van der Waals surface area contributed by atoms with E-state index in [-0.39, 0.29) is 35.4 Å². The summed E-state index contributed by atoms with van der Waals surface area (Å²) in [7, 11) is 4.66. The van der Waals surface area contributed by atoms with Crippen LogP contribution in [0.15, 0.2) is 51.1 Å². The Morgan fingerprint density at radius 2 is 1.90 bits per heavy atom. The molecule has 2 aromatic carbocycles. The van der Waals surface area contributed by atoms with Crippen molar-refractivity contribution in [2.24, 2.45) is 5.92 Å². The summed E-state index contributed by atoms with van der Waals surface area (Å²) in [5.74, 6) is 1.77. The molecule has 1 aliphatic rings. The molecule has 4 aromatic rings. The van der Waals surface area contributed by atoms with Crippen molar-refractivity contribution < 1.29 is 28.3 Å². The molecular formula is C35H41N5O7S. The number of fused-ring (bicyclic) bond motifs is 3. The Balaban J connectivity index is 1.46. The van der Waals surface area contributed by atoms with Gasteiger partial charge in [-0.15, -0.1) is 11.3 Å². The summed E-state index contributed by atoms with van der Waals surface area (Å²) in [6.07, 6.45) is 2.18. The highest BCUT2D eigenvalue weighted by molar-refractivity contribution is 7.13. The molecule has 2 amide bonds. The van der Waals surface area contributed by atoms with Gasteiger partial charge in [0.15, 0.2) is 11.5 Å². The van der Waals surface area contributed by atoms with Crippen LogP contribution in [0.3, 0.4) is 0 Å². The highest BCUT2D eigenvalue weighted by Gasteiger charge is 2.30. The number of aromatic nitrogens is 2. The topological polar surface area (TPSA) is 154 Å². The van der Waals surface area contributed by atoms with Gasteiger partial charge in [-0.2, -0.15) is 4.98 Å². The van der Waals surface area contributed by atoms with E-state index in [2.05, 4.69) is 26.1 Å². The van der Waals surface area contributed by atoms with Crippen molar-refractivity contribution in [3.8, 4) is 39.1 Å². The Morgan fingerprint density at radius 1 is 1.10 bits per heavy atom. The van der Waals surface area contributed by atoms with E-state index in [0.717, 1.165) is 16.0 Å². The molecule has 48 heavy (non-hydrogen) atoms. The van der Waals surface area contributed by atoms with Crippen LogP contribution in [-0.2, 0) is 22.4 Å². The Bertz CT molecular complexity index is 1820. The number of anilines is 1. The third-order valence-corrected chi connectivity index (χ3v) is 9.44. The van der Waals surface area contributed by atoms with Crippen LogP contribution in [0.4, 0.5) is 5.69 Å². The van der Waals surface area contributed by atoms with E-state index in [0.29, 0.717) is 65.8 Å². The third-order valence-electron chi connectivity index (χ3n) is 8.57. The Hall–Kier alpha value is -4.91. The number of nitrogens with zero attached hydrogens (tertiary/aromatic N) is 2. The number of rotatable bonds is 13. The van der Waals surface area contributed by atoms with Gasteiger partial charge in [0.25, 0.3) is 0 Å². The lowest BCUT2D eigenvalue weighted by Gasteiger charge is -2.24. The summed E-state index contributed by atoms with van der Waals surface area (Å²) in [6, 6.07) is 9.64. The molecule has 0 radical (unpaired) electrons. The average Bonchev–Trinajstić information content (AvgIpc) is 3.73. The van der Waals surface area contributed by atoms with Gasteiger partial charge in [0, 0.05) is 25.5 Å². The molecule has 1 aliphatic carbocycles. The van der Waals surface area contributed by atoms with Gasteiger partial charge in [0.1, 0.15) is 6.04 Å². The summed E-state index contributed by atoms with van der Waals surface area (Å²) in [5.41, 5.74) is 2.95. The molecule has 5 rings (SSSR count). The van der Waals surface area contributed by atoms with Crippen molar-refractivity contribution >= 4 is 28.8 Å². The number of carbonyl (C=O) groups is 2. The smallest absolute Gasteiger partial charge is 0.242 e. The maximum absolute atomic E-state index is 13.9. The lowest BCUT2D eigenvalue weighted by Crippen LogP contribution is -2.45. The monoisotopic (exact) mass is 675 g/mol. The predicted octanol–water partition coefficient (Wildman–Crippen LogP) is 5.16. The van der Waals surface area contributed by atoms with E-state index in [1.165, 1.54) is 31.4 Å². The number of ether oxygens (including phenoxy) is 3. The summed E-state index contributed by atoms with van der Waals surface area (Å²) < 4.78 is 22.5. The zero-order chi connectivity index (χ0) is 34.4. The Labute approximate surface area is 283 Å². The van der Waals surface area contributed by atoms with E-state index in [9.17, 15) is 14.4 Å². The molecule has 2 aromatic heterocycles. The van der Waals surface area contributed by atoms with Crippen LogP contribution < -0.4 is 35.6 Å². The highest BCUT2D eigenvalue weighted by atomic mass is 32.1. The molecule has 0 fully saturated rings. The van der Waals surface area contributed by atoms with Gasteiger partial charge in [-0.1, -0.05) is 37.6 Å². The first kappa shape index (κ1) is 34.4. The van der Waals surface area contributed by atoms with Crippen molar-refractivity contribution in [2.45, 2.75) is 58.5 Å². The molecular weight excluding hydrogens is 634 g/mol. The fourth-order valence-corrected chi connectivity index (χ4v) is 6.61. The SMILES string of the molecule is CC[C@@H](C)[C@H](Nc1ccc2c(cc1=O)[C@@H](NC(C)=O)CCc1cc(OC)c(OC)c(OC)c1-2)C(=O)NCCc1nc(-c2cccs2)no1. The van der Waals surface area contributed by atoms with Crippen molar-refractivity contribution in [3.63, 3.8) is 0 Å². The van der Waals surface area contributed by atoms with Gasteiger partial charge in [0.05, 0.1) is 37.9 Å². The van der Waals surface area contributed by atoms with Crippen molar-refractivity contribution in [3.05, 3.63) is 69.0 Å². The molecule has 12 nitrogen and oxygen atoms in total. The van der Waals surface area contributed by atoms with E-state index in [1.807, 2.05) is 43.5 Å². The molecule has 0 unspecified atom stereocenters. The lowest BCUT2D eigenvalue weighted by molar-refractivity contribution is -0.123. The lowest BCUT2D eigenvalue weighted by atomic mass is 9.95. The predicted molar refractivity (Wildman–Crippen MR) is 184 cm³/mol. The van der Waals surface area contributed by atoms with E-state index < -0.39 is 12.1 Å². The van der Waals surface area contributed by atoms with Crippen LogP contribution in [0.2, 0.25) is 0 Å². The van der Waals surface area contributed by atoms with Gasteiger partial charge < -0.3 is 34.7 Å². The zero-order valence-corrected chi connectivity index (χ0v) is 28.8. The summed E-state index contributed by atoms with van der Waals surface area (Å²) in [6.45, 7) is 5.68. The fraction of sp³-hybridized carbons (Fsp3) is 0.400. The first-order chi connectivity index (χ1) is 23.2. The number of amides is 2. The van der Waals surface area contributed by atoms with E-state index >= 15 is 0 Å². The number of thiophene rings is 1. The molecule has 3 N–H and O–H groups in total. The third kappa shape index (κ3) is 7.30. The zero-order valence-electron chi connectivity index (χ0n) is 28.0. The minimum Gasteiger partial charge on any atom is -0.493 e. The second-order valence-electron chi connectivity index (χ2n) is 11.6. The molecule has 0 saturated heterocycles. The quantitative estimate of drug-likeness (QED) is 0.173. The molecule has 254 valence electrons. The van der Waals surface area contributed by atoms with Gasteiger partial charge in [-0.25, -0.2) is 0 Å². The second-order valence-corrected chi connectivity index (χ2v) is 12.6. The number of nitrogens with one attached hydrogen (secondary N) is 3. The largest absolute Gasteiger partial charge is 0.493 e. The number of aryl methyl sites for hydroxylation is 1.